The van der Waals surface area contributed by atoms with E-state index >= 15 is 0 Å². The number of benzene rings is 1. The number of pyridine rings is 1. The number of fused-ring (bicyclic) bond motifs is 1. The quantitative estimate of drug-likeness (QED) is 0.744. The maximum absolute atomic E-state index is 13.9. The van der Waals surface area contributed by atoms with Crippen molar-refractivity contribution in [3.63, 3.8) is 0 Å². The summed E-state index contributed by atoms with van der Waals surface area (Å²) in [5, 5.41) is 14.5. The van der Waals surface area contributed by atoms with E-state index in [1.54, 1.807) is 6.07 Å². The monoisotopic (exact) mass is 372 g/mol. The lowest BCUT2D eigenvalue weighted by atomic mass is 10.00. The number of hydrogen-bond donors (Lipinski definition) is 3. The van der Waals surface area contributed by atoms with Crippen LogP contribution in [0.25, 0.3) is 0 Å². The molecule has 0 amide bonds. The molecule has 1 atom stereocenters. The molecule has 1 saturated heterocycles. The minimum atomic E-state index is -1.04. The van der Waals surface area contributed by atoms with Gasteiger partial charge >= 0.3 is 5.97 Å². The molecule has 27 heavy (non-hydrogen) atoms. The Bertz CT molecular complexity index is 841. The molecule has 1 fully saturated rings. The van der Waals surface area contributed by atoms with Gasteiger partial charge in [-0.05, 0) is 43.0 Å². The molecule has 142 valence electrons. The first kappa shape index (κ1) is 17.7. The maximum atomic E-state index is 13.9. The predicted octanol–water partition coefficient (Wildman–Crippen LogP) is 2.78. The van der Waals surface area contributed by atoms with Crippen molar-refractivity contribution < 1.29 is 19.0 Å². The van der Waals surface area contributed by atoms with Gasteiger partial charge in [-0.15, -0.1) is 0 Å². The van der Waals surface area contributed by atoms with Crippen LogP contribution in [0.2, 0.25) is 0 Å². The Kier molecular flexibility index (Phi) is 4.91. The number of hydrogen-bond acceptors (Lipinski definition) is 6. The van der Waals surface area contributed by atoms with Crippen molar-refractivity contribution in [3.05, 3.63) is 53.6 Å². The normalized spacial score (nSPS) is 19.7. The van der Waals surface area contributed by atoms with Gasteiger partial charge in [-0.2, -0.15) is 0 Å². The molecule has 1 aromatic heterocycles. The summed E-state index contributed by atoms with van der Waals surface area (Å²) in [5.74, 6) is -0.896. The van der Waals surface area contributed by atoms with E-state index in [-0.39, 0.29) is 11.4 Å². The number of carbonyl (C=O) groups is 1. The average molecular weight is 372 g/mol. The van der Waals surface area contributed by atoms with Crippen molar-refractivity contribution in [1.82, 2.24) is 10.4 Å². The molecule has 0 radical (unpaired) electrons. The van der Waals surface area contributed by atoms with Gasteiger partial charge in [0.15, 0.2) is 0 Å². The fraction of sp³-hybridized carbons (Fsp3) is 0.368. The van der Waals surface area contributed by atoms with Crippen molar-refractivity contribution in [2.75, 3.05) is 30.1 Å². The molecule has 1 unspecified atom stereocenters. The van der Waals surface area contributed by atoms with Gasteiger partial charge in [-0.25, -0.2) is 14.6 Å². The summed E-state index contributed by atoms with van der Waals surface area (Å²) in [7, 11) is 0. The molecule has 8 heteroatoms. The minimum Gasteiger partial charge on any atom is -0.478 e. The van der Waals surface area contributed by atoms with Crippen molar-refractivity contribution in [2.24, 2.45) is 5.92 Å². The summed E-state index contributed by atoms with van der Waals surface area (Å²) in [6, 6.07) is 6.10. The SMILES string of the molecule is O=C(O)c1ccncc1NC1NN(CC2CCOCC2)c2ccc(F)cc21. The Morgan fingerprint density at radius 3 is 2.96 bits per heavy atom. The molecule has 3 N–H and O–H groups in total. The van der Waals surface area contributed by atoms with E-state index in [1.807, 2.05) is 5.01 Å². The van der Waals surface area contributed by atoms with Crippen LogP contribution in [0.3, 0.4) is 0 Å². The van der Waals surface area contributed by atoms with Crippen molar-refractivity contribution >= 4 is 17.3 Å². The number of halogens is 1. The minimum absolute atomic E-state index is 0.118. The third kappa shape index (κ3) is 3.72. The van der Waals surface area contributed by atoms with Crippen molar-refractivity contribution in [2.45, 2.75) is 19.0 Å². The molecular formula is C19H21FN4O3. The fourth-order valence-corrected chi connectivity index (χ4v) is 3.60. The van der Waals surface area contributed by atoms with E-state index < -0.39 is 12.1 Å². The van der Waals surface area contributed by atoms with Crippen LogP contribution < -0.4 is 15.8 Å². The number of aromatic nitrogens is 1. The van der Waals surface area contributed by atoms with Crippen LogP contribution in [-0.4, -0.2) is 35.8 Å². The first-order valence-corrected chi connectivity index (χ1v) is 8.96. The fourth-order valence-electron chi connectivity index (χ4n) is 3.60. The van der Waals surface area contributed by atoms with Gasteiger partial charge in [-0.1, -0.05) is 0 Å². The highest BCUT2D eigenvalue weighted by Crippen LogP contribution is 2.35. The Morgan fingerprint density at radius 1 is 1.37 bits per heavy atom. The van der Waals surface area contributed by atoms with E-state index in [2.05, 4.69) is 15.7 Å². The summed E-state index contributed by atoms with van der Waals surface area (Å²) in [4.78, 5) is 15.5. The molecule has 4 rings (SSSR count). The molecule has 2 aliphatic heterocycles. The predicted molar refractivity (Wildman–Crippen MR) is 98.0 cm³/mol. The summed E-state index contributed by atoms with van der Waals surface area (Å²) in [6.07, 6.45) is 4.42. The van der Waals surface area contributed by atoms with Gasteiger partial charge in [0, 0.05) is 31.5 Å². The highest BCUT2D eigenvalue weighted by atomic mass is 19.1. The average Bonchev–Trinajstić information content (AvgIpc) is 2.99. The number of ether oxygens (including phenoxy) is 1. The van der Waals surface area contributed by atoms with Crippen LogP contribution in [0.15, 0.2) is 36.7 Å². The van der Waals surface area contributed by atoms with Gasteiger partial charge in [0.05, 0.1) is 23.1 Å². The number of anilines is 2. The van der Waals surface area contributed by atoms with Crippen LogP contribution >= 0.6 is 0 Å². The van der Waals surface area contributed by atoms with Gasteiger partial charge < -0.3 is 20.2 Å². The van der Waals surface area contributed by atoms with E-state index in [0.29, 0.717) is 11.6 Å². The molecule has 0 bridgehead atoms. The third-order valence-corrected chi connectivity index (χ3v) is 5.01. The lowest BCUT2D eigenvalue weighted by molar-refractivity contribution is 0.0676. The second-order valence-corrected chi connectivity index (χ2v) is 6.80. The van der Waals surface area contributed by atoms with E-state index in [9.17, 15) is 14.3 Å². The molecule has 2 aromatic rings. The Balaban J connectivity index is 1.59. The molecule has 3 heterocycles. The number of nitrogens with one attached hydrogen (secondary N) is 2. The van der Waals surface area contributed by atoms with Crippen molar-refractivity contribution in [3.8, 4) is 0 Å². The zero-order valence-electron chi connectivity index (χ0n) is 14.7. The van der Waals surface area contributed by atoms with Gasteiger partial charge in [0.25, 0.3) is 0 Å². The number of nitrogens with zero attached hydrogens (tertiary/aromatic N) is 2. The number of carboxylic acid groups (broad SMARTS) is 1. The summed E-state index contributed by atoms with van der Waals surface area (Å²) in [6.45, 7) is 2.29. The Labute approximate surface area is 156 Å². The van der Waals surface area contributed by atoms with Gasteiger partial charge in [0.1, 0.15) is 12.0 Å². The summed E-state index contributed by atoms with van der Waals surface area (Å²) >= 11 is 0. The molecular weight excluding hydrogens is 351 g/mol. The van der Waals surface area contributed by atoms with E-state index in [0.717, 1.165) is 43.9 Å². The standard InChI is InChI=1S/C19H21FN4O3/c20-13-1-2-17-15(9-13)18(22-16-10-21-6-3-14(16)19(25)26)23-24(17)11-12-4-7-27-8-5-12/h1-3,6,9-10,12,18,22-23H,4-5,7-8,11H2,(H,25,26). The van der Waals surface area contributed by atoms with Crippen LogP contribution in [0.1, 0.15) is 34.9 Å². The van der Waals surface area contributed by atoms with Crippen LogP contribution in [-0.2, 0) is 4.74 Å². The highest BCUT2D eigenvalue weighted by molar-refractivity contribution is 5.94. The highest BCUT2D eigenvalue weighted by Gasteiger charge is 2.31. The maximum Gasteiger partial charge on any atom is 0.337 e. The van der Waals surface area contributed by atoms with Gasteiger partial charge in [0.2, 0.25) is 0 Å². The number of rotatable bonds is 5. The lowest BCUT2D eigenvalue weighted by Crippen LogP contribution is -2.41. The topological polar surface area (TPSA) is 86.7 Å². The summed E-state index contributed by atoms with van der Waals surface area (Å²) < 4.78 is 19.3. The van der Waals surface area contributed by atoms with E-state index in [4.69, 9.17) is 4.74 Å². The smallest absolute Gasteiger partial charge is 0.337 e. The second-order valence-electron chi connectivity index (χ2n) is 6.80. The zero-order valence-corrected chi connectivity index (χ0v) is 14.7. The van der Waals surface area contributed by atoms with Crippen LogP contribution in [0, 0.1) is 11.7 Å². The summed E-state index contributed by atoms with van der Waals surface area (Å²) in [5.41, 5.74) is 5.47. The molecule has 2 aliphatic rings. The number of hydrazine groups is 1. The first-order valence-electron chi connectivity index (χ1n) is 8.96. The molecule has 0 aliphatic carbocycles. The number of aromatic carboxylic acids is 1. The zero-order chi connectivity index (χ0) is 18.8. The molecule has 0 spiro atoms. The first-order chi connectivity index (χ1) is 13.1. The second kappa shape index (κ2) is 7.50. The molecule has 1 aromatic carbocycles. The van der Waals surface area contributed by atoms with Crippen LogP contribution in [0.5, 0.6) is 0 Å². The molecule has 0 saturated carbocycles. The third-order valence-electron chi connectivity index (χ3n) is 5.01. The van der Waals surface area contributed by atoms with E-state index in [1.165, 1.54) is 30.6 Å². The van der Waals surface area contributed by atoms with Crippen molar-refractivity contribution in [1.29, 1.82) is 0 Å². The van der Waals surface area contributed by atoms with Crippen LogP contribution in [0.4, 0.5) is 15.8 Å². The molecule has 7 nitrogen and oxygen atoms in total. The Morgan fingerprint density at radius 2 is 2.19 bits per heavy atom. The Hall–Kier alpha value is -2.71. The van der Waals surface area contributed by atoms with Gasteiger partial charge in [-0.3, -0.25) is 4.98 Å². The lowest BCUT2D eigenvalue weighted by Gasteiger charge is -2.29. The number of carboxylic acids is 1. The largest absolute Gasteiger partial charge is 0.478 e.